The van der Waals surface area contributed by atoms with Gasteiger partial charge in [-0.15, -0.1) is 11.3 Å². The molecule has 2 N–H and O–H groups in total. The van der Waals surface area contributed by atoms with Gasteiger partial charge in [-0.3, -0.25) is 14.5 Å². The number of thiazole rings is 1. The summed E-state index contributed by atoms with van der Waals surface area (Å²) in [6.45, 7) is 3.34. The molecule has 8 heteroatoms. The van der Waals surface area contributed by atoms with E-state index in [0.717, 1.165) is 5.01 Å². The molecule has 0 bridgehead atoms. The van der Waals surface area contributed by atoms with Crippen LogP contribution in [0.2, 0.25) is 0 Å². The van der Waals surface area contributed by atoms with Gasteiger partial charge in [0.05, 0.1) is 18.7 Å². The van der Waals surface area contributed by atoms with Gasteiger partial charge in [-0.25, -0.2) is 4.98 Å². The molecule has 0 aliphatic carbocycles. The fraction of sp³-hybridized carbons (Fsp3) is 0.615. The topological polar surface area (TPSA) is 88.8 Å². The van der Waals surface area contributed by atoms with Crippen LogP contribution in [0.1, 0.15) is 15.5 Å². The summed E-state index contributed by atoms with van der Waals surface area (Å²) in [5.74, 6) is -0.298. The molecule has 0 aromatic carbocycles. The normalized spacial score (nSPS) is 16.0. The van der Waals surface area contributed by atoms with Crippen molar-refractivity contribution in [1.82, 2.24) is 14.8 Å². The number of carbonyl (C=O) groups is 2. The molecule has 1 saturated heterocycles. The largest absolute Gasteiger partial charge is 0.468 e. The first-order valence-electron chi connectivity index (χ1n) is 6.87. The number of esters is 1. The smallest absolute Gasteiger partial charge is 0.319 e. The number of amides is 1. The molecular formula is C13H20N4O3S. The standard InChI is InChI=1S/C13H20N4O3S/c1-20-12(18)8-16-4-6-17(7-5-16)13(19)10-9-21-11(15-10)2-3-14/h9H,2-8,14H2,1H3. The van der Waals surface area contributed by atoms with Gasteiger partial charge < -0.3 is 15.4 Å². The molecule has 1 amide bonds. The summed E-state index contributed by atoms with van der Waals surface area (Å²) in [4.78, 5) is 31.6. The van der Waals surface area contributed by atoms with Crippen LogP contribution in [0.15, 0.2) is 5.38 Å². The quantitative estimate of drug-likeness (QED) is 0.743. The SMILES string of the molecule is COC(=O)CN1CCN(C(=O)c2csc(CCN)n2)CC1. The zero-order chi connectivity index (χ0) is 15.2. The van der Waals surface area contributed by atoms with Crippen molar-refractivity contribution in [2.75, 3.05) is 46.4 Å². The van der Waals surface area contributed by atoms with Gasteiger partial charge in [0.2, 0.25) is 0 Å². The molecule has 0 unspecified atom stereocenters. The van der Waals surface area contributed by atoms with Crippen LogP contribution >= 0.6 is 11.3 Å². The molecule has 0 spiro atoms. The second kappa shape index (κ2) is 7.48. The van der Waals surface area contributed by atoms with Crippen molar-refractivity contribution in [3.8, 4) is 0 Å². The highest BCUT2D eigenvalue weighted by atomic mass is 32.1. The van der Waals surface area contributed by atoms with E-state index in [1.54, 1.807) is 10.3 Å². The zero-order valence-electron chi connectivity index (χ0n) is 12.1. The van der Waals surface area contributed by atoms with Crippen LogP contribution in [0.5, 0.6) is 0 Å². The Balaban J connectivity index is 1.86. The first-order chi connectivity index (χ1) is 10.1. The van der Waals surface area contributed by atoms with E-state index in [1.165, 1.54) is 18.4 Å². The summed E-state index contributed by atoms with van der Waals surface area (Å²) in [5.41, 5.74) is 5.97. The molecule has 2 heterocycles. The minimum absolute atomic E-state index is 0.0489. The second-order valence-corrected chi connectivity index (χ2v) is 5.75. The minimum atomic E-state index is -0.249. The van der Waals surface area contributed by atoms with Gasteiger partial charge in [0.15, 0.2) is 0 Å². The highest BCUT2D eigenvalue weighted by Crippen LogP contribution is 2.13. The van der Waals surface area contributed by atoms with Crippen molar-refractivity contribution in [2.45, 2.75) is 6.42 Å². The van der Waals surface area contributed by atoms with Crippen LogP contribution in [-0.4, -0.2) is 73.0 Å². The van der Waals surface area contributed by atoms with Crippen LogP contribution in [0.3, 0.4) is 0 Å². The number of nitrogens with two attached hydrogens (primary N) is 1. The third-order valence-corrected chi connectivity index (χ3v) is 4.28. The molecule has 21 heavy (non-hydrogen) atoms. The molecule has 0 atom stereocenters. The highest BCUT2D eigenvalue weighted by Gasteiger charge is 2.24. The monoisotopic (exact) mass is 312 g/mol. The van der Waals surface area contributed by atoms with Gasteiger partial charge in [0, 0.05) is 38.0 Å². The molecule has 116 valence electrons. The number of hydrogen-bond donors (Lipinski definition) is 1. The van der Waals surface area contributed by atoms with Gasteiger partial charge >= 0.3 is 5.97 Å². The van der Waals surface area contributed by atoms with E-state index >= 15 is 0 Å². The third-order valence-electron chi connectivity index (χ3n) is 3.37. The number of nitrogens with zero attached hydrogens (tertiary/aromatic N) is 3. The number of hydrogen-bond acceptors (Lipinski definition) is 7. The molecule has 1 aliphatic rings. The Bertz CT molecular complexity index is 497. The first kappa shape index (κ1) is 15.9. The van der Waals surface area contributed by atoms with Gasteiger partial charge in [0.1, 0.15) is 5.69 Å². The Morgan fingerprint density at radius 3 is 2.71 bits per heavy atom. The lowest BCUT2D eigenvalue weighted by molar-refractivity contribution is -0.142. The molecular weight excluding hydrogens is 292 g/mol. The van der Waals surface area contributed by atoms with Crippen molar-refractivity contribution in [2.24, 2.45) is 5.73 Å². The summed E-state index contributed by atoms with van der Waals surface area (Å²) in [7, 11) is 1.38. The van der Waals surface area contributed by atoms with E-state index < -0.39 is 0 Å². The molecule has 0 saturated carbocycles. The first-order valence-corrected chi connectivity index (χ1v) is 7.75. The lowest BCUT2D eigenvalue weighted by Gasteiger charge is -2.33. The maximum atomic E-state index is 12.3. The lowest BCUT2D eigenvalue weighted by Crippen LogP contribution is -2.50. The second-order valence-electron chi connectivity index (χ2n) is 4.81. The van der Waals surface area contributed by atoms with Crippen molar-refractivity contribution in [3.05, 3.63) is 16.1 Å². The van der Waals surface area contributed by atoms with Crippen LogP contribution in [0.25, 0.3) is 0 Å². The molecule has 0 radical (unpaired) electrons. The van der Waals surface area contributed by atoms with E-state index in [9.17, 15) is 9.59 Å². The summed E-state index contributed by atoms with van der Waals surface area (Å²) in [6, 6.07) is 0. The Morgan fingerprint density at radius 1 is 1.38 bits per heavy atom. The summed E-state index contributed by atoms with van der Waals surface area (Å²) < 4.78 is 4.64. The molecule has 1 fully saturated rings. The average molecular weight is 312 g/mol. The molecule has 1 aromatic rings. The van der Waals surface area contributed by atoms with Crippen molar-refractivity contribution in [1.29, 1.82) is 0 Å². The Kier molecular flexibility index (Phi) is 5.66. The van der Waals surface area contributed by atoms with E-state index in [4.69, 9.17) is 5.73 Å². The average Bonchev–Trinajstić information content (AvgIpc) is 2.96. The Labute approximate surface area is 127 Å². The van der Waals surface area contributed by atoms with Crippen LogP contribution in [-0.2, 0) is 16.0 Å². The molecule has 1 aliphatic heterocycles. The fourth-order valence-corrected chi connectivity index (χ4v) is 2.95. The number of piperazine rings is 1. The van der Waals surface area contributed by atoms with Gasteiger partial charge in [-0.2, -0.15) is 0 Å². The number of carbonyl (C=O) groups excluding carboxylic acids is 2. The third kappa shape index (κ3) is 4.23. The lowest BCUT2D eigenvalue weighted by atomic mass is 10.3. The van der Waals surface area contributed by atoms with Crippen LogP contribution in [0, 0.1) is 0 Å². The number of aromatic nitrogens is 1. The summed E-state index contributed by atoms with van der Waals surface area (Å²) in [5, 5.41) is 2.68. The maximum Gasteiger partial charge on any atom is 0.319 e. The van der Waals surface area contributed by atoms with Crippen molar-refractivity contribution >= 4 is 23.2 Å². The van der Waals surface area contributed by atoms with Crippen molar-refractivity contribution < 1.29 is 14.3 Å². The maximum absolute atomic E-state index is 12.3. The predicted molar refractivity (Wildman–Crippen MR) is 79.2 cm³/mol. The van der Waals surface area contributed by atoms with Crippen LogP contribution in [0.4, 0.5) is 0 Å². The summed E-state index contributed by atoms with van der Waals surface area (Å²) >= 11 is 1.47. The van der Waals surface area contributed by atoms with Crippen LogP contribution < -0.4 is 5.73 Å². The van der Waals surface area contributed by atoms with Gasteiger partial charge in [-0.05, 0) is 6.54 Å². The number of methoxy groups -OCH3 is 1. The summed E-state index contributed by atoms with van der Waals surface area (Å²) in [6.07, 6.45) is 0.699. The number of ether oxygens (including phenoxy) is 1. The van der Waals surface area contributed by atoms with E-state index in [2.05, 4.69) is 9.72 Å². The Morgan fingerprint density at radius 2 is 2.10 bits per heavy atom. The molecule has 2 rings (SSSR count). The molecule has 1 aromatic heterocycles. The Hall–Kier alpha value is -1.51. The number of rotatable bonds is 5. The van der Waals surface area contributed by atoms with Gasteiger partial charge in [-0.1, -0.05) is 0 Å². The molecule has 7 nitrogen and oxygen atoms in total. The van der Waals surface area contributed by atoms with E-state index in [1.807, 2.05) is 4.90 Å². The minimum Gasteiger partial charge on any atom is -0.468 e. The van der Waals surface area contributed by atoms with E-state index in [-0.39, 0.29) is 18.4 Å². The predicted octanol–water partition coefficient (Wildman–Crippen LogP) is -0.425. The van der Waals surface area contributed by atoms with Crippen molar-refractivity contribution in [3.63, 3.8) is 0 Å². The van der Waals surface area contributed by atoms with E-state index in [0.29, 0.717) is 44.8 Å². The van der Waals surface area contributed by atoms with Gasteiger partial charge in [0.25, 0.3) is 5.91 Å². The fourth-order valence-electron chi connectivity index (χ4n) is 2.17. The highest BCUT2D eigenvalue weighted by molar-refractivity contribution is 7.09. The zero-order valence-corrected chi connectivity index (χ0v) is 12.9.